The fraction of sp³-hybridized carbons (Fsp3) is 0.350. The monoisotopic (exact) mass is 344 g/mol. The summed E-state index contributed by atoms with van der Waals surface area (Å²) in [5, 5.41) is 8.76. The van der Waals surface area contributed by atoms with E-state index < -0.39 is 5.97 Å². The molecule has 0 radical (unpaired) electrons. The highest BCUT2D eigenvalue weighted by Crippen LogP contribution is 2.28. The Morgan fingerprint density at radius 3 is 2.40 bits per heavy atom. The first-order chi connectivity index (χ1) is 12.0. The van der Waals surface area contributed by atoms with E-state index in [1.54, 1.807) is 13.2 Å². The third-order valence-corrected chi connectivity index (χ3v) is 3.94. The van der Waals surface area contributed by atoms with Crippen LogP contribution in [0.5, 0.6) is 17.2 Å². The maximum atomic E-state index is 10.7. The number of ether oxygens (including phenoxy) is 3. The molecule has 0 atom stereocenters. The summed E-state index contributed by atoms with van der Waals surface area (Å²) in [5.41, 5.74) is 3.33. The van der Waals surface area contributed by atoms with Gasteiger partial charge in [0.15, 0.2) is 11.5 Å². The van der Waals surface area contributed by atoms with E-state index in [9.17, 15) is 4.79 Å². The Bertz CT molecular complexity index is 724. The van der Waals surface area contributed by atoms with Crippen molar-refractivity contribution in [3.05, 3.63) is 53.1 Å². The molecule has 5 nitrogen and oxygen atoms in total. The van der Waals surface area contributed by atoms with Gasteiger partial charge in [-0.2, -0.15) is 0 Å². The Hall–Kier alpha value is -2.69. The molecule has 134 valence electrons. The van der Waals surface area contributed by atoms with Crippen molar-refractivity contribution < 1.29 is 24.1 Å². The number of carboxylic acid groups (broad SMARTS) is 1. The quantitative estimate of drug-likeness (QED) is 0.701. The summed E-state index contributed by atoms with van der Waals surface area (Å²) in [4.78, 5) is 10.7. The zero-order valence-electron chi connectivity index (χ0n) is 14.9. The van der Waals surface area contributed by atoms with Crippen molar-refractivity contribution in [2.24, 2.45) is 0 Å². The van der Waals surface area contributed by atoms with Gasteiger partial charge in [0.25, 0.3) is 0 Å². The first-order valence-electron chi connectivity index (χ1n) is 8.21. The minimum Gasteiger partial charge on any atom is -0.493 e. The third kappa shape index (κ3) is 5.71. The second-order valence-electron chi connectivity index (χ2n) is 5.82. The van der Waals surface area contributed by atoms with Gasteiger partial charge in [0.1, 0.15) is 19.0 Å². The number of carboxylic acids is 1. The summed E-state index contributed by atoms with van der Waals surface area (Å²) >= 11 is 0. The molecule has 0 aliphatic rings. The van der Waals surface area contributed by atoms with Crippen LogP contribution in [0.15, 0.2) is 36.4 Å². The predicted molar refractivity (Wildman–Crippen MR) is 95.9 cm³/mol. The standard InChI is InChI=1S/C20H24O5/c1-14-4-7-17(12-15(14)2)24-10-11-25-18-8-5-16(6-9-20(21)22)13-19(18)23-3/h4-5,7-8,12-13H,6,9-11H2,1-3H3,(H,21,22). The van der Waals surface area contributed by atoms with Crippen LogP contribution >= 0.6 is 0 Å². The molecule has 25 heavy (non-hydrogen) atoms. The predicted octanol–water partition coefficient (Wildman–Crippen LogP) is 3.79. The van der Waals surface area contributed by atoms with Crippen molar-refractivity contribution >= 4 is 5.97 Å². The van der Waals surface area contributed by atoms with Crippen LogP contribution in [0.2, 0.25) is 0 Å². The second kappa shape index (κ2) is 8.97. The molecule has 1 N–H and O–H groups in total. The minimum absolute atomic E-state index is 0.0904. The molecule has 2 aromatic rings. The first kappa shape index (κ1) is 18.6. The highest BCUT2D eigenvalue weighted by atomic mass is 16.5. The number of aryl methyl sites for hydroxylation is 3. The maximum absolute atomic E-state index is 10.7. The summed E-state index contributed by atoms with van der Waals surface area (Å²) in [5.74, 6) is 1.21. The van der Waals surface area contributed by atoms with Gasteiger partial charge in [-0.05, 0) is 61.2 Å². The van der Waals surface area contributed by atoms with E-state index in [1.807, 2.05) is 30.3 Å². The maximum Gasteiger partial charge on any atom is 0.303 e. The molecule has 5 heteroatoms. The fourth-order valence-corrected chi connectivity index (χ4v) is 2.35. The summed E-state index contributed by atoms with van der Waals surface area (Å²) in [6, 6.07) is 11.4. The zero-order chi connectivity index (χ0) is 18.2. The van der Waals surface area contributed by atoms with E-state index in [1.165, 1.54) is 11.1 Å². The zero-order valence-corrected chi connectivity index (χ0v) is 14.9. The van der Waals surface area contributed by atoms with Gasteiger partial charge >= 0.3 is 5.97 Å². The number of methoxy groups -OCH3 is 1. The van der Waals surface area contributed by atoms with Crippen LogP contribution in [0.1, 0.15) is 23.1 Å². The van der Waals surface area contributed by atoms with Crippen molar-refractivity contribution in [3.63, 3.8) is 0 Å². The summed E-state index contributed by atoms with van der Waals surface area (Å²) < 4.78 is 16.7. The summed E-state index contributed by atoms with van der Waals surface area (Å²) in [6.45, 7) is 4.92. The molecule has 0 saturated carbocycles. The molecule has 0 fully saturated rings. The number of aliphatic carboxylic acids is 1. The molecule has 0 saturated heterocycles. The van der Waals surface area contributed by atoms with E-state index in [2.05, 4.69) is 13.8 Å². The van der Waals surface area contributed by atoms with Gasteiger partial charge < -0.3 is 19.3 Å². The average molecular weight is 344 g/mol. The molecule has 2 rings (SSSR count). The molecule has 0 bridgehead atoms. The van der Waals surface area contributed by atoms with Gasteiger partial charge in [0, 0.05) is 6.42 Å². The lowest BCUT2D eigenvalue weighted by atomic mass is 10.1. The second-order valence-corrected chi connectivity index (χ2v) is 5.82. The lowest BCUT2D eigenvalue weighted by Crippen LogP contribution is -2.10. The highest BCUT2D eigenvalue weighted by molar-refractivity contribution is 5.67. The molecule has 0 spiro atoms. The Morgan fingerprint density at radius 2 is 1.72 bits per heavy atom. The lowest BCUT2D eigenvalue weighted by Gasteiger charge is -2.13. The largest absolute Gasteiger partial charge is 0.493 e. The van der Waals surface area contributed by atoms with Crippen LogP contribution in [0.3, 0.4) is 0 Å². The van der Waals surface area contributed by atoms with E-state index >= 15 is 0 Å². The normalized spacial score (nSPS) is 10.4. The van der Waals surface area contributed by atoms with Crippen LogP contribution in [-0.4, -0.2) is 31.4 Å². The van der Waals surface area contributed by atoms with Gasteiger partial charge in [-0.15, -0.1) is 0 Å². The lowest BCUT2D eigenvalue weighted by molar-refractivity contribution is -0.136. The molecule has 0 amide bonds. The Morgan fingerprint density at radius 1 is 0.960 bits per heavy atom. The minimum atomic E-state index is -0.817. The van der Waals surface area contributed by atoms with Gasteiger partial charge in [0.05, 0.1) is 7.11 Å². The van der Waals surface area contributed by atoms with E-state index in [0.29, 0.717) is 31.1 Å². The summed E-state index contributed by atoms with van der Waals surface area (Å²) in [7, 11) is 1.56. The molecule has 0 aromatic heterocycles. The molecular weight excluding hydrogens is 320 g/mol. The molecule has 0 unspecified atom stereocenters. The van der Waals surface area contributed by atoms with Crippen LogP contribution in [0.25, 0.3) is 0 Å². The average Bonchev–Trinajstić information content (AvgIpc) is 2.60. The van der Waals surface area contributed by atoms with Crippen molar-refractivity contribution in [1.29, 1.82) is 0 Å². The van der Waals surface area contributed by atoms with Crippen molar-refractivity contribution in [2.45, 2.75) is 26.7 Å². The van der Waals surface area contributed by atoms with E-state index in [0.717, 1.165) is 11.3 Å². The first-order valence-corrected chi connectivity index (χ1v) is 8.21. The van der Waals surface area contributed by atoms with Gasteiger partial charge in [-0.1, -0.05) is 12.1 Å². The SMILES string of the molecule is COc1cc(CCC(=O)O)ccc1OCCOc1ccc(C)c(C)c1. The van der Waals surface area contributed by atoms with Crippen molar-refractivity contribution in [1.82, 2.24) is 0 Å². The molecule has 0 aliphatic carbocycles. The van der Waals surface area contributed by atoms with Gasteiger partial charge in [-0.3, -0.25) is 4.79 Å². The van der Waals surface area contributed by atoms with E-state index in [4.69, 9.17) is 19.3 Å². The van der Waals surface area contributed by atoms with Gasteiger partial charge in [-0.25, -0.2) is 0 Å². The number of benzene rings is 2. The van der Waals surface area contributed by atoms with Crippen LogP contribution in [-0.2, 0) is 11.2 Å². The van der Waals surface area contributed by atoms with Crippen LogP contribution < -0.4 is 14.2 Å². The Kier molecular flexibility index (Phi) is 6.69. The highest BCUT2D eigenvalue weighted by Gasteiger charge is 2.07. The van der Waals surface area contributed by atoms with Gasteiger partial charge in [0.2, 0.25) is 0 Å². The van der Waals surface area contributed by atoms with Crippen LogP contribution in [0.4, 0.5) is 0 Å². The summed E-state index contributed by atoms with van der Waals surface area (Å²) in [6.07, 6.45) is 0.551. The fourth-order valence-electron chi connectivity index (χ4n) is 2.35. The molecule has 0 aliphatic heterocycles. The van der Waals surface area contributed by atoms with Crippen molar-refractivity contribution in [3.8, 4) is 17.2 Å². The van der Waals surface area contributed by atoms with Crippen molar-refractivity contribution in [2.75, 3.05) is 20.3 Å². The number of carbonyl (C=O) groups is 1. The number of rotatable bonds is 9. The molecular formula is C20H24O5. The number of hydrogen-bond donors (Lipinski definition) is 1. The van der Waals surface area contributed by atoms with E-state index in [-0.39, 0.29) is 6.42 Å². The Labute approximate surface area is 148 Å². The number of hydrogen-bond acceptors (Lipinski definition) is 4. The smallest absolute Gasteiger partial charge is 0.303 e. The molecule has 0 heterocycles. The Balaban J connectivity index is 1.87. The molecule has 2 aromatic carbocycles. The van der Waals surface area contributed by atoms with Crippen LogP contribution in [0, 0.1) is 13.8 Å². The topological polar surface area (TPSA) is 65.0 Å². The third-order valence-electron chi connectivity index (χ3n) is 3.94.